The first-order chi connectivity index (χ1) is 9.86. The van der Waals surface area contributed by atoms with E-state index in [2.05, 4.69) is 5.32 Å². The fraction of sp³-hybridized carbons (Fsp3) is 1.00. The third-order valence-electron chi connectivity index (χ3n) is 6.27. The molecular weight excluding hydrogens is 246 g/mol. The van der Waals surface area contributed by atoms with E-state index in [1.807, 2.05) is 0 Å². The highest BCUT2D eigenvalue weighted by Gasteiger charge is 2.40. The third-order valence-corrected chi connectivity index (χ3v) is 6.27. The van der Waals surface area contributed by atoms with E-state index in [9.17, 15) is 5.11 Å². The average Bonchev–Trinajstić information content (AvgIpc) is 2.52. The van der Waals surface area contributed by atoms with Gasteiger partial charge in [0, 0.05) is 6.04 Å². The number of piperidine rings is 1. The van der Waals surface area contributed by atoms with Crippen molar-refractivity contribution >= 4 is 0 Å². The van der Waals surface area contributed by atoms with E-state index in [1.54, 1.807) is 0 Å². The van der Waals surface area contributed by atoms with Crippen LogP contribution in [0.25, 0.3) is 0 Å². The number of rotatable bonds is 3. The third kappa shape index (κ3) is 3.39. The van der Waals surface area contributed by atoms with Crippen molar-refractivity contribution in [2.45, 2.75) is 89.2 Å². The van der Waals surface area contributed by atoms with Crippen LogP contribution in [0.3, 0.4) is 0 Å². The largest absolute Gasteiger partial charge is 0.391 e. The van der Waals surface area contributed by atoms with Gasteiger partial charge >= 0.3 is 0 Å². The van der Waals surface area contributed by atoms with Crippen molar-refractivity contribution in [3.05, 3.63) is 0 Å². The second kappa shape index (κ2) is 7.26. The number of aliphatic hydroxyl groups excluding tert-OH is 1. The highest BCUT2D eigenvalue weighted by Crippen LogP contribution is 2.43. The van der Waals surface area contributed by atoms with Crippen molar-refractivity contribution in [2.24, 2.45) is 17.8 Å². The van der Waals surface area contributed by atoms with E-state index in [0.29, 0.717) is 6.04 Å². The fourth-order valence-corrected chi connectivity index (χ4v) is 5.30. The first-order valence-corrected chi connectivity index (χ1v) is 9.28. The Labute approximate surface area is 124 Å². The number of hydrogen-bond donors (Lipinski definition) is 2. The van der Waals surface area contributed by atoms with Gasteiger partial charge in [-0.3, -0.25) is 0 Å². The molecule has 3 rings (SSSR count). The van der Waals surface area contributed by atoms with Gasteiger partial charge in [-0.1, -0.05) is 64.2 Å². The quantitative estimate of drug-likeness (QED) is 0.822. The van der Waals surface area contributed by atoms with Crippen LogP contribution < -0.4 is 5.32 Å². The minimum absolute atomic E-state index is 0.0856. The van der Waals surface area contributed by atoms with Gasteiger partial charge in [-0.15, -0.1) is 0 Å². The molecule has 0 amide bonds. The summed E-state index contributed by atoms with van der Waals surface area (Å²) in [5.41, 5.74) is 0. The van der Waals surface area contributed by atoms with Gasteiger partial charge in [0.15, 0.2) is 0 Å². The molecule has 1 aliphatic heterocycles. The predicted molar refractivity (Wildman–Crippen MR) is 83.7 cm³/mol. The molecule has 2 heteroatoms. The second-order valence-corrected chi connectivity index (χ2v) is 7.56. The Balaban J connectivity index is 1.73. The summed E-state index contributed by atoms with van der Waals surface area (Å²) >= 11 is 0. The molecule has 3 aliphatic rings. The molecular formula is C18H33NO. The van der Waals surface area contributed by atoms with E-state index in [0.717, 1.165) is 37.1 Å². The lowest BCUT2D eigenvalue weighted by Crippen LogP contribution is -2.54. The number of aliphatic hydroxyl groups is 1. The molecule has 20 heavy (non-hydrogen) atoms. The lowest BCUT2D eigenvalue weighted by atomic mass is 9.65. The van der Waals surface area contributed by atoms with Crippen LogP contribution in [0.1, 0.15) is 77.0 Å². The van der Waals surface area contributed by atoms with Crippen molar-refractivity contribution in [3.8, 4) is 0 Å². The Morgan fingerprint density at radius 2 is 1.25 bits per heavy atom. The van der Waals surface area contributed by atoms with Gasteiger partial charge in [0.1, 0.15) is 0 Å². The topological polar surface area (TPSA) is 32.3 Å². The Hall–Kier alpha value is -0.0800. The van der Waals surface area contributed by atoms with E-state index < -0.39 is 0 Å². The van der Waals surface area contributed by atoms with Crippen molar-refractivity contribution in [3.63, 3.8) is 0 Å². The number of hydrogen-bond acceptors (Lipinski definition) is 2. The molecule has 0 aromatic rings. The molecule has 2 unspecified atom stereocenters. The maximum Gasteiger partial charge on any atom is 0.0696 e. The van der Waals surface area contributed by atoms with Crippen LogP contribution in [-0.2, 0) is 0 Å². The lowest BCUT2D eigenvalue weighted by Gasteiger charge is -2.45. The van der Waals surface area contributed by atoms with Crippen LogP contribution in [0.5, 0.6) is 0 Å². The van der Waals surface area contributed by atoms with Gasteiger partial charge in [0.05, 0.1) is 6.10 Å². The molecule has 0 radical (unpaired) electrons. The highest BCUT2D eigenvalue weighted by atomic mass is 16.3. The van der Waals surface area contributed by atoms with Crippen LogP contribution >= 0.6 is 0 Å². The minimum Gasteiger partial charge on any atom is -0.391 e. The summed E-state index contributed by atoms with van der Waals surface area (Å²) in [5.74, 6) is 2.53. The molecule has 3 fully saturated rings. The zero-order valence-electron chi connectivity index (χ0n) is 13.0. The Bertz CT molecular complexity index is 263. The zero-order valence-corrected chi connectivity index (χ0v) is 13.0. The maximum absolute atomic E-state index is 10.5. The van der Waals surface area contributed by atoms with Crippen LogP contribution in [-0.4, -0.2) is 23.8 Å². The predicted octanol–water partition coefficient (Wildman–Crippen LogP) is 3.88. The van der Waals surface area contributed by atoms with Gasteiger partial charge in [-0.05, 0) is 37.1 Å². The van der Waals surface area contributed by atoms with Crippen LogP contribution in [0.15, 0.2) is 0 Å². The van der Waals surface area contributed by atoms with E-state index in [1.165, 1.54) is 64.2 Å². The smallest absolute Gasteiger partial charge is 0.0696 e. The minimum atomic E-state index is -0.0856. The molecule has 0 aromatic heterocycles. The molecule has 2 nitrogen and oxygen atoms in total. The van der Waals surface area contributed by atoms with Crippen LogP contribution in [0, 0.1) is 17.8 Å². The first-order valence-electron chi connectivity index (χ1n) is 9.28. The van der Waals surface area contributed by atoms with Crippen LogP contribution in [0.2, 0.25) is 0 Å². The Morgan fingerprint density at radius 3 is 1.75 bits per heavy atom. The van der Waals surface area contributed by atoms with Crippen molar-refractivity contribution < 1.29 is 5.11 Å². The van der Waals surface area contributed by atoms with Gasteiger partial charge in [-0.2, -0.15) is 0 Å². The maximum atomic E-state index is 10.5. The van der Waals surface area contributed by atoms with Gasteiger partial charge in [-0.25, -0.2) is 0 Å². The summed E-state index contributed by atoms with van der Waals surface area (Å²) in [7, 11) is 0. The van der Waals surface area contributed by atoms with Crippen LogP contribution in [0.4, 0.5) is 0 Å². The lowest BCUT2D eigenvalue weighted by molar-refractivity contribution is 0.0107. The van der Waals surface area contributed by atoms with E-state index in [4.69, 9.17) is 0 Å². The molecule has 2 N–H and O–H groups in total. The molecule has 0 aromatic carbocycles. The summed E-state index contributed by atoms with van der Waals surface area (Å²) in [6.07, 6.45) is 16.4. The molecule has 2 aliphatic carbocycles. The van der Waals surface area contributed by atoms with E-state index in [-0.39, 0.29) is 6.10 Å². The molecule has 2 saturated carbocycles. The first kappa shape index (κ1) is 14.8. The van der Waals surface area contributed by atoms with Gasteiger partial charge in [0.25, 0.3) is 0 Å². The summed E-state index contributed by atoms with van der Waals surface area (Å²) in [6, 6.07) is 0.398. The van der Waals surface area contributed by atoms with Gasteiger partial charge < -0.3 is 10.4 Å². The molecule has 116 valence electrons. The SMILES string of the molecule is OC1CCCNC1C(C1CCCCC1)C1CCCCC1. The molecule has 0 bridgehead atoms. The Kier molecular flexibility index (Phi) is 5.39. The molecule has 1 heterocycles. The van der Waals surface area contributed by atoms with E-state index >= 15 is 0 Å². The Morgan fingerprint density at radius 1 is 0.700 bits per heavy atom. The molecule has 2 atom stereocenters. The van der Waals surface area contributed by atoms with Crippen molar-refractivity contribution in [1.82, 2.24) is 5.32 Å². The summed E-state index contributed by atoms with van der Waals surface area (Å²) in [5, 5.41) is 14.3. The zero-order chi connectivity index (χ0) is 13.8. The van der Waals surface area contributed by atoms with Crippen molar-refractivity contribution in [1.29, 1.82) is 0 Å². The van der Waals surface area contributed by atoms with Crippen molar-refractivity contribution in [2.75, 3.05) is 6.54 Å². The van der Waals surface area contributed by atoms with Gasteiger partial charge in [0.2, 0.25) is 0 Å². The highest BCUT2D eigenvalue weighted by molar-refractivity contribution is 4.94. The molecule has 1 saturated heterocycles. The summed E-state index contributed by atoms with van der Waals surface area (Å²) in [4.78, 5) is 0. The number of nitrogens with one attached hydrogen (secondary N) is 1. The summed E-state index contributed by atoms with van der Waals surface area (Å²) < 4.78 is 0. The normalized spacial score (nSPS) is 34.5. The summed E-state index contributed by atoms with van der Waals surface area (Å²) in [6.45, 7) is 1.12. The second-order valence-electron chi connectivity index (χ2n) is 7.56. The fourth-order valence-electron chi connectivity index (χ4n) is 5.30. The molecule has 0 spiro atoms. The average molecular weight is 279 g/mol. The monoisotopic (exact) mass is 279 g/mol. The standard InChI is InChI=1S/C18H33NO/c20-16-12-7-13-19-18(16)17(14-8-3-1-4-9-14)15-10-5-2-6-11-15/h14-20H,1-13H2.